The first-order valence-electron chi connectivity index (χ1n) is 4.36. The van der Waals surface area contributed by atoms with Crippen LogP contribution in [0.15, 0.2) is 30.3 Å². The topological polar surface area (TPSA) is 58.6 Å². The molecule has 15 heavy (non-hydrogen) atoms. The quantitative estimate of drug-likeness (QED) is 0.562. The predicted molar refractivity (Wildman–Crippen MR) is 55.0 cm³/mol. The fourth-order valence-corrected chi connectivity index (χ4v) is 1.07. The lowest BCUT2D eigenvalue weighted by Gasteiger charge is -2.18. The predicted octanol–water partition coefficient (Wildman–Crippen LogP) is 0.327. The summed E-state index contributed by atoms with van der Waals surface area (Å²) >= 11 is 0. The fraction of sp³-hybridized carbons (Fsp3) is 0.200. The molecule has 5 heteroatoms. The van der Waals surface area contributed by atoms with Gasteiger partial charge in [0.05, 0.1) is 12.8 Å². The van der Waals surface area contributed by atoms with Gasteiger partial charge in [-0.2, -0.15) is 5.06 Å². The standard InChI is InChI=1S/C10H12N2O3/c1-11-9(13)10(14)12(15-2)8-6-4-3-5-7-8/h3-7H,1-2H3,(H,11,13). The second-order valence-electron chi connectivity index (χ2n) is 2.70. The molecule has 0 atom stereocenters. The van der Waals surface area contributed by atoms with Crippen LogP contribution >= 0.6 is 0 Å². The van der Waals surface area contributed by atoms with Gasteiger partial charge in [0.1, 0.15) is 0 Å². The van der Waals surface area contributed by atoms with Gasteiger partial charge in [0.25, 0.3) is 0 Å². The molecule has 2 amide bonds. The number of hydrogen-bond acceptors (Lipinski definition) is 3. The number of nitrogens with one attached hydrogen (secondary N) is 1. The van der Waals surface area contributed by atoms with Gasteiger partial charge in [-0.3, -0.25) is 14.4 Å². The lowest BCUT2D eigenvalue weighted by molar-refractivity contribution is -0.141. The van der Waals surface area contributed by atoms with E-state index < -0.39 is 11.8 Å². The highest BCUT2D eigenvalue weighted by molar-refractivity contribution is 6.39. The van der Waals surface area contributed by atoms with Gasteiger partial charge < -0.3 is 5.32 Å². The molecule has 0 saturated heterocycles. The number of nitrogens with zero attached hydrogens (tertiary/aromatic N) is 1. The zero-order chi connectivity index (χ0) is 11.3. The molecular weight excluding hydrogens is 196 g/mol. The summed E-state index contributed by atoms with van der Waals surface area (Å²) in [6.45, 7) is 0. The minimum atomic E-state index is -0.758. The van der Waals surface area contributed by atoms with Crippen molar-refractivity contribution in [2.24, 2.45) is 0 Å². The molecule has 0 aliphatic heterocycles. The third-order valence-corrected chi connectivity index (χ3v) is 1.78. The van der Waals surface area contributed by atoms with Crippen molar-refractivity contribution in [3.05, 3.63) is 30.3 Å². The molecule has 1 aromatic rings. The van der Waals surface area contributed by atoms with E-state index in [0.29, 0.717) is 5.69 Å². The van der Waals surface area contributed by atoms with Gasteiger partial charge in [0.2, 0.25) is 0 Å². The van der Waals surface area contributed by atoms with Crippen molar-refractivity contribution < 1.29 is 14.4 Å². The van der Waals surface area contributed by atoms with Crippen LogP contribution in [0.25, 0.3) is 0 Å². The Hall–Kier alpha value is -1.88. The van der Waals surface area contributed by atoms with Crippen molar-refractivity contribution in [3.8, 4) is 0 Å². The number of anilines is 1. The monoisotopic (exact) mass is 208 g/mol. The minimum absolute atomic E-state index is 0.508. The van der Waals surface area contributed by atoms with Crippen LogP contribution in [0.2, 0.25) is 0 Å². The van der Waals surface area contributed by atoms with Gasteiger partial charge in [-0.1, -0.05) is 18.2 Å². The van der Waals surface area contributed by atoms with Crippen molar-refractivity contribution in [3.63, 3.8) is 0 Å². The molecule has 0 aliphatic carbocycles. The maximum Gasteiger partial charge on any atom is 0.340 e. The second kappa shape index (κ2) is 5.11. The largest absolute Gasteiger partial charge is 0.351 e. The average Bonchev–Trinajstić information content (AvgIpc) is 2.30. The molecule has 0 spiro atoms. The second-order valence-corrected chi connectivity index (χ2v) is 2.70. The van der Waals surface area contributed by atoms with E-state index >= 15 is 0 Å². The molecule has 1 N–H and O–H groups in total. The van der Waals surface area contributed by atoms with Crippen LogP contribution < -0.4 is 10.4 Å². The van der Waals surface area contributed by atoms with Crippen LogP contribution in [0, 0.1) is 0 Å². The van der Waals surface area contributed by atoms with Gasteiger partial charge in [0, 0.05) is 7.05 Å². The molecule has 0 aromatic heterocycles. The first-order valence-corrected chi connectivity index (χ1v) is 4.36. The SMILES string of the molecule is CNC(=O)C(=O)N(OC)c1ccccc1. The molecule has 5 nitrogen and oxygen atoms in total. The van der Waals surface area contributed by atoms with Crippen molar-refractivity contribution in [1.29, 1.82) is 0 Å². The molecule has 0 aliphatic rings. The van der Waals surface area contributed by atoms with E-state index in [1.165, 1.54) is 14.2 Å². The Morgan fingerprint density at radius 2 is 1.87 bits per heavy atom. The Labute approximate surface area is 87.6 Å². The zero-order valence-corrected chi connectivity index (χ0v) is 8.56. The molecular formula is C10H12N2O3. The number of para-hydroxylation sites is 1. The summed E-state index contributed by atoms with van der Waals surface area (Å²) in [5.74, 6) is -1.48. The summed E-state index contributed by atoms with van der Waals surface area (Å²) in [4.78, 5) is 27.4. The van der Waals surface area contributed by atoms with Gasteiger partial charge in [-0.15, -0.1) is 0 Å². The first kappa shape index (κ1) is 11.2. The highest BCUT2D eigenvalue weighted by Crippen LogP contribution is 2.12. The van der Waals surface area contributed by atoms with Crippen LogP contribution in [0.5, 0.6) is 0 Å². The zero-order valence-electron chi connectivity index (χ0n) is 8.56. The number of carbonyl (C=O) groups excluding carboxylic acids is 2. The van der Waals surface area contributed by atoms with Crippen LogP contribution in [0.4, 0.5) is 5.69 Å². The van der Waals surface area contributed by atoms with E-state index in [2.05, 4.69) is 5.32 Å². The Bertz CT molecular complexity index is 351. The van der Waals surface area contributed by atoms with Crippen molar-refractivity contribution in [2.75, 3.05) is 19.2 Å². The minimum Gasteiger partial charge on any atom is -0.351 e. The molecule has 80 valence electrons. The lowest BCUT2D eigenvalue weighted by atomic mass is 10.3. The van der Waals surface area contributed by atoms with Crippen LogP contribution in [0.3, 0.4) is 0 Å². The molecule has 1 rings (SSSR count). The average molecular weight is 208 g/mol. The highest BCUT2D eigenvalue weighted by Gasteiger charge is 2.21. The summed E-state index contributed by atoms with van der Waals surface area (Å²) in [6, 6.07) is 8.65. The summed E-state index contributed by atoms with van der Waals surface area (Å²) < 4.78 is 0. The maximum atomic E-state index is 11.5. The Balaban J connectivity index is 2.90. The summed E-state index contributed by atoms with van der Waals surface area (Å²) in [5, 5.41) is 3.17. The normalized spacial score (nSPS) is 9.47. The third-order valence-electron chi connectivity index (χ3n) is 1.78. The van der Waals surface area contributed by atoms with Crippen molar-refractivity contribution >= 4 is 17.5 Å². The van der Waals surface area contributed by atoms with Crippen LogP contribution in [-0.4, -0.2) is 26.0 Å². The third kappa shape index (κ3) is 2.54. The van der Waals surface area contributed by atoms with Crippen LogP contribution in [0.1, 0.15) is 0 Å². The Morgan fingerprint density at radius 1 is 1.27 bits per heavy atom. The van der Waals surface area contributed by atoms with E-state index in [4.69, 9.17) is 4.84 Å². The van der Waals surface area contributed by atoms with E-state index in [-0.39, 0.29) is 0 Å². The molecule has 0 heterocycles. The van der Waals surface area contributed by atoms with Gasteiger partial charge in [0.15, 0.2) is 0 Å². The number of hydrogen-bond donors (Lipinski definition) is 1. The van der Waals surface area contributed by atoms with Crippen LogP contribution in [-0.2, 0) is 14.4 Å². The molecule has 1 aromatic carbocycles. The van der Waals surface area contributed by atoms with Crippen molar-refractivity contribution in [1.82, 2.24) is 5.32 Å². The van der Waals surface area contributed by atoms with Gasteiger partial charge in [-0.25, -0.2) is 0 Å². The van der Waals surface area contributed by atoms with Crippen molar-refractivity contribution in [2.45, 2.75) is 0 Å². The molecule has 0 saturated carbocycles. The Morgan fingerprint density at radius 3 is 2.33 bits per heavy atom. The van der Waals surface area contributed by atoms with E-state index in [0.717, 1.165) is 5.06 Å². The number of carbonyl (C=O) groups is 2. The number of likely N-dealkylation sites (N-methyl/N-ethyl adjacent to an activating group) is 1. The molecule has 0 bridgehead atoms. The van der Waals surface area contributed by atoms with Gasteiger partial charge >= 0.3 is 11.8 Å². The molecule has 0 unspecified atom stereocenters. The number of benzene rings is 1. The summed E-state index contributed by atoms with van der Waals surface area (Å²) in [5.41, 5.74) is 0.508. The Kier molecular flexibility index (Phi) is 3.82. The lowest BCUT2D eigenvalue weighted by Crippen LogP contribution is -2.41. The fourth-order valence-electron chi connectivity index (χ4n) is 1.07. The maximum absolute atomic E-state index is 11.5. The summed E-state index contributed by atoms with van der Waals surface area (Å²) in [7, 11) is 2.72. The number of amides is 2. The number of rotatable bonds is 2. The van der Waals surface area contributed by atoms with E-state index in [1.54, 1.807) is 24.3 Å². The summed E-state index contributed by atoms with van der Waals surface area (Å²) in [6.07, 6.45) is 0. The van der Waals surface area contributed by atoms with E-state index in [1.807, 2.05) is 6.07 Å². The molecule has 0 radical (unpaired) electrons. The highest BCUT2D eigenvalue weighted by atomic mass is 16.7. The van der Waals surface area contributed by atoms with Gasteiger partial charge in [-0.05, 0) is 12.1 Å². The first-order chi connectivity index (χ1) is 7.20. The molecule has 0 fully saturated rings. The smallest absolute Gasteiger partial charge is 0.340 e. The number of hydroxylamine groups is 1. The van der Waals surface area contributed by atoms with E-state index in [9.17, 15) is 9.59 Å².